The van der Waals surface area contributed by atoms with Gasteiger partial charge in [0.25, 0.3) is 0 Å². The highest BCUT2D eigenvalue weighted by molar-refractivity contribution is 5.91. The number of hydrogen-bond acceptors (Lipinski definition) is 6. The molecule has 11 heteroatoms. The number of aliphatic carboxylic acids is 1. The number of hydrogen-bond donors (Lipinski definition) is 8. The quantitative estimate of drug-likeness (QED) is 0.0923. The van der Waals surface area contributed by atoms with Crippen LogP contribution in [0.5, 0.6) is 0 Å². The van der Waals surface area contributed by atoms with Crippen molar-refractivity contribution < 1.29 is 19.5 Å². The molecule has 0 aromatic heterocycles. The third-order valence-corrected chi connectivity index (χ3v) is 4.24. The normalized spacial score (nSPS) is 14.0. The minimum atomic E-state index is -1.14. The van der Waals surface area contributed by atoms with Gasteiger partial charge in [-0.1, -0.05) is 13.8 Å². The highest BCUT2D eigenvalue weighted by Gasteiger charge is 2.27. The Morgan fingerprint density at radius 1 is 1.00 bits per heavy atom. The maximum absolute atomic E-state index is 12.7. The van der Waals surface area contributed by atoms with Crippen LogP contribution in [0.15, 0.2) is 0 Å². The van der Waals surface area contributed by atoms with Crippen LogP contribution in [-0.2, 0) is 14.4 Å². The van der Waals surface area contributed by atoms with Gasteiger partial charge in [-0.25, -0.2) is 4.79 Å². The van der Waals surface area contributed by atoms with E-state index in [1.165, 1.54) is 0 Å². The summed E-state index contributed by atoms with van der Waals surface area (Å²) in [5.41, 5.74) is 16.5. The van der Waals surface area contributed by atoms with Gasteiger partial charge in [0.15, 0.2) is 5.96 Å². The van der Waals surface area contributed by atoms with Gasteiger partial charge in [-0.3, -0.25) is 15.0 Å². The molecular formula is C18H37N7O4. The Hall–Kier alpha value is -2.40. The third-order valence-electron chi connectivity index (χ3n) is 4.24. The maximum atomic E-state index is 12.7. The van der Waals surface area contributed by atoms with Crippen molar-refractivity contribution in [2.75, 3.05) is 13.1 Å². The van der Waals surface area contributed by atoms with Gasteiger partial charge in [0.1, 0.15) is 12.1 Å². The van der Waals surface area contributed by atoms with Crippen LogP contribution in [0.1, 0.15) is 52.4 Å². The van der Waals surface area contributed by atoms with E-state index in [-0.39, 0.29) is 24.7 Å². The molecular weight excluding hydrogens is 378 g/mol. The molecule has 0 aromatic carbocycles. The monoisotopic (exact) mass is 415 g/mol. The Balaban J connectivity index is 5.02. The molecule has 0 saturated heterocycles. The molecule has 11 nitrogen and oxygen atoms in total. The number of rotatable bonds is 15. The molecule has 0 aliphatic heterocycles. The number of nitrogens with two attached hydrogens (primary N) is 3. The number of amides is 2. The number of unbranched alkanes of at least 4 members (excludes halogenated alkanes) is 1. The first-order valence-corrected chi connectivity index (χ1v) is 9.95. The zero-order valence-corrected chi connectivity index (χ0v) is 17.4. The predicted octanol–water partition coefficient (Wildman–Crippen LogP) is -1.19. The Kier molecular flexibility index (Phi) is 13.4. The summed E-state index contributed by atoms with van der Waals surface area (Å²) in [6, 6.07) is -2.76. The van der Waals surface area contributed by atoms with E-state index in [0.29, 0.717) is 38.8 Å². The number of carboxylic acid groups (broad SMARTS) is 1. The molecule has 0 fully saturated rings. The largest absolute Gasteiger partial charge is 0.480 e. The molecule has 0 unspecified atom stereocenters. The molecule has 0 aromatic rings. The molecule has 2 amide bonds. The summed E-state index contributed by atoms with van der Waals surface area (Å²) in [6.45, 7) is 4.65. The molecule has 29 heavy (non-hydrogen) atoms. The van der Waals surface area contributed by atoms with Crippen molar-refractivity contribution >= 4 is 23.7 Å². The first kappa shape index (κ1) is 26.6. The number of carbonyl (C=O) groups excluding carboxylic acids is 2. The molecule has 0 bridgehead atoms. The lowest BCUT2D eigenvalue weighted by atomic mass is 10.0. The number of carbonyl (C=O) groups is 3. The number of nitrogens with one attached hydrogen (secondary N) is 4. The summed E-state index contributed by atoms with van der Waals surface area (Å²) >= 11 is 0. The van der Waals surface area contributed by atoms with Crippen molar-refractivity contribution in [3.8, 4) is 0 Å². The molecule has 0 spiro atoms. The molecule has 0 aliphatic rings. The fourth-order valence-electron chi connectivity index (χ4n) is 2.71. The van der Waals surface area contributed by atoms with E-state index in [1.807, 2.05) is 13.8 Å². The summed E-state index contributed by atoms with van der Waals surface area (Å²) in [7, 11) is 0. The minimum Gasteiger partial charge on any atom is -0.480 e. The van der Waals surface area contributed by atoms with Gasteiger partial charge in [-0.2, -0.15) is 0 Å². The van der Waals surface area contributed by atoms with Crippen LogP contribution in [0.4, 0.5) is 0 Å². The van der Waals surface area contributed by atoms with Gasteiger partial charge in [-0.15, -0.1) is 0 Å². The van der Waals surface area contributed by atoms with Crippen LogP contribution in [0.2, 0.25) is 0 Å². The molecule has 11 N–H and O–H groups in total. The van der Waals surface area contributed by atoms with Crippen molar-refractivity contribution in [2.24, 2.45) is 23.1 Å². The smallest absolute Gasteiger partial charge is 0.326 e. The fourth-order valence-corrected chi connectivity index (χ4v) is 2.71. The Morgan fingerprint density at radius 3 is 2.10 bits per heavy atom. The maximum Gasteiger partial charge on any atom is 0.326 e. The van der Waals surface area contributed by atoms with E-state index in [9.17, 15) is 19.5 Å². The topological polar surface area (TPSA) is 209 Å². The molecule has 0 aliphatic carbocycles. The minimum absolute atomic E-state index is 0.195. The van der Waals surface area contributed by atoms with E-state index in [2.05, 4.69) is 16.0 Å². The second-order valence-corrected chi connectivity index (χ2v) is 7.46. The van der Waals surface area contributed by atoms with Crippen LogP contribution < -0.4 is 33.2 Å². The van der Waals surface area contributed by atoms with Crippen molar-refractivity contribution in [1.29, 1.82) is 5.41 Å². The number of guanidine groups is 1. The second kappa shape index (κ2) is 14.6. The molecule has 3 atom stereocenters. The highest BCUT2D eigenvalue weighted by Crippen LogP contribution is 2.06. The molecule has 0 heterocycles. The average Bonchev–Trinajstić information content (AvgIpc) is 2.62. The second-order valence-electron chi connectivity index (χ2n) is 7.46. The first-order chi connectivity index (χ1) is 13.6. The average molecular weight is 416 g/mol. The van der Waals surface area contributed by atoms with Gasteiger partial charge < -0.3 is 38.3 Å². The fraction of sp³-hybridized carbons (Fsp3) is 0.778. The van der Waals surface area contributed by atoms with Gasteiger partial charge in [-0.05, 0) is 51.0 Å². The molecule has 168 valence electrons. The third kappa shape index (κ3) is 12.6. The van der Waals surface area contributed by atoms with Crippen LogP contribution in [0, 0.1) is 11.3 Å². The Bertz CT molecular complexity index is 542. The van der Waals surface area contributed by atoms with Crippen molar-refractivity contribution in [2.45, 2.75) is 70.5 Å². The Labute approximate surface area is 172 Å². The van der Waals surface area contributed by atoms with E-state index < -0.39 is 35.9 Å². The van der Waals surface area contributed by atoms with Gasteiger partial charge in [0.05, 0.1) is 6.04 Å². The lowest BCUT2D eigenvalue weighted by Gasteiger charge is -2.23. The van der Waals surface area contributed by atoms with E-state index in [0.717, 1.165) is 0 Å². The summed E-state index contributed by atoms with van der Waals surface area (Å²) in [5, 5.41) is 24.2. The lowest BCUT2D eigenvalue weighted by Crippen LogP contribution is -2.54. The van der Waals surface area contributed by atoms with Gasteiger partial charge >= 0.3 is 5.97 Å². The van der Waals surface area contributed by atoms with Crippen molar-refractivity contribution in [3.63, 3.8) is 0 Å². The molecule has 0 radical (unpaired) electrons. The van der Waals surface area contributed by atoms with Crippen molar-refractivity contribution in [1.82, 2.24) is 16.0 Å². The lowest BCUT2D eigenvalue weighted by molar-refractivity contribution is -0.142. The summed E-state index contributed by atoms with van der Waals surface area (Å²) < 4.78 is 0. The Morgan fingerprint density at radius 2 is 1.59 bits per heavy atom. The summed E-state index contributed by atoms with van der Waals surface area (Å²) in [5.74, 6) is -2.18. The van der Waals surface area contributed by atoms with E-state index in [1.54, 1.807) is 0 Å². The number of carboxylic acids is 1. The zero-order chi connectivity index (χ0) is 22.4. The summed E-state index contributed by atoms with van der Waals surface area (Å²) in [4.78, 5) is 36.4. The molecule has 0 rings (SSSR count). The van der Waals surface area contributed by atoms with Crippen LogP contribution in [0.25, 0.3) is 0 Å². The van der Waals surface area contributed by atoms with Crippen molar-refractivity contribution in [3.05, 3.63) is 0 Å². The zero-order valence-electron chi connectivity index (χ0n) is 17.4. The van der Waals surface area contributed by atoms with Crippen LogP contribution in [-0.4, -0.2) is 60.1 Å². The van der Waals surface area contributed by atoms with Gasteiger partial charge in [0, 0.05) is 6.54 Å². The van der Waals surface area contributed by atoms with Crippen LogP contribution in [0.3, 0.4) is 0 Å². The summed E-state index contributed by atoms with van der Waals surface area (Å²) in [6.07, 6.45) is 2.59. The highest BCUT2D eigenvalue weighted by atomic mass is 16.4. The van der Waals surface area contributed by atoms with E-state index >= 15 is 0 Å². The predicted molar refractivity (Wildman–Crippen MR) is 111 cm³/mol. The SMILES string of the molecule is CC(C)C[C@H](N)C(=O)N[C@@H](CCCNC(=N)N)C(=O)N[C@@H](CCCCN)C(=O)O. The first-order valence-electron chi connectivity index (χ1n) is 9.95. The molecule has 0 saturated carbocycles. The van der Waals surface area contributed by atoms with Gasteiger partial charge in [0.2, 0.25) is 11.8 Å². The van der Waals surface area contributed by atoms with E-state index in [4.69, 9.17) is 22.6 Å². The van der Waals surface area contributed by atoms with Crippen LogP contribution >= 0.6 is 0 Å². The standard InChI is InChI=1S/C18H37N7O4/c1-11(2)10-12(20)15(26)24-13(7-5-9-23-18(21)22)16(27)25-14(17(28)29)6-3-4-8-19/h11-14H,3-10,19-20H2,1-2H3,(H,24,26)(H,25,27)(H,28,29)(H4,21,22,23)/t12-,13-,14-/m0/s1.